The van der Waals surface area contributed by atoms with Gasteiger partial charge >= 0.3 is 5.97 Å². The van der Waals surface area contributed by atoms with Crippen molar-refractivity contribution >= 4 is 11.9 Å². The van der Waals surface area contributed by atoms with Gasteiger partial charge in [0.25, 0.3) is 0 Å². The second kappa shape index (κ2) is 7.40. The Labute approximate surface area is 130 Å². The van der Waals surface area contributed by atoms with Crippen LogP contribution in [0.4, 0.5) is 0 Å². The largest absolute Gasteiger partial charge is 0.480 e. The van der Waals surface area contributed by atoms with Crippen LogP contribution in [0, 0.1) is 0 Å². The molecule has 1 aromatic carbocycles. The third-order valence-corrected chi connectivity index (χ3v) is 4.21. The maximum absolute atomic E-state index is 12.1. The number of carbonyl (C=O) groups is 2. The average Bonchev–Trinajstić information content (AvgIpc) is 2.54. The quantitative estimate of drug-likeness (QED) is 0.842. The SMILES string of the molecule is CCc1ccc(CCC(=O)NC2(C(=O)O)CCOCC2)cc1. The Morgan fingerprint density at radius 3 is 2.32 bits per heavy atom. The summed E-state index contributed by atoms with van der Waals surface area (Å²) in [7, 11) is 0. The highest BCUT2D eigenvalue weighted by Crippen LogP contribution is 2.21. The van der Waals surface area contributed by atoms with E-state index in [-0.39, 0.29) is 5.91 Å². The molecule has 0 spiro atoms. The lowest BCUT2D eigenvalue weighted by Crippen LogP contribution is -2.57. The molecule has 5 nitrogen and oxygen atoms in total. The lowest BCUT2D eigenvalue weighted by atomic mass is 9.90. The number of carboxylic acids is 1. The molecule has 2 rings (SSSR count). The number of carbonyl (C=O) groups excluding carboxylic acids is 1. The first-order chi connectivity index (χ1) is 10.6. The van der Waals surface area contributed by atoms with E-state index in [0.29, 0.717) is 38.9 Å². The molecule has 1 aliphatic rings. The Bertz CT molecular complexity index is 518. The number of hydrogen-bond donors (Lipinski definition) is 2. The predicted molar refractivity (Wildman–Crippen MR) is 82.7 cm³/mol. The zero-order valence-electron chi connectivity index (χ0n) is 12.9. The van der Waals surface area contributed by atoms with Gasteiger partial charge in [0.1, 0.15) is 5.54 Å². The third-order valence-electron chi connectivity index (χ3n) is 4.21. The van der Waals surface area contributed by atoms with E-state index < -0.39 is 11.5 Å². The van der Waals surface area contributed by atoms with Crippen LogP contribution in [0.3, 0.4) is 0 Å². The molecule has 1 aliphatic heterocycles. The van der Waals surface area contributed by atoms with Crippen LogP contribution in [0.2, 0.25) is 0 Å². The fraction of sp³-hybridized carbons (Fsp3) is 0.529. The highest BCUT2D eigenvalue weighted by Gasteiger charge is 2.41. The van der Waals surface area contributed by atoms with Crippen LogP contribution < -0.4 is 5.32 Å². The fourth-order valence-corrected chi connectivity index (χ4v) is 2.64. The predicted octanol–water partition coefficient (Wildman–Crippen LogP) is 1.93. The van der Waals surface area contributed by atoms with E-state index in [2.05, 4.69) is 24.4 Å². The van der Waals surface area contributed by atoms with Crippen LogP contribution in [0.1, 0.15) is 37.3 Å². The van der Waals surface area contributed by atoms with Gasteiger partial charge in [-0.15, -0.1) is 0 Å². The van der Waals surface area contributed by atoms with Crippen molar-refractivity contribution in [3.63, 3.8) is 0 Å². The molecule has 0 unspecified atom stereocenters. The lowest BCUT2D eigenvalue weighted by Gasteiger charge is -2.33. The van der Waals surface area contributed by atoms with Crippen LogP contribution in [-0.4, -0.2) is 35.7 Å². The van der Waals surface area contributed by atoms with Crippen LogP contribution >= 0.6 is 0 Å². The van der Waals surface area contributed by atoms with Gasteiger partial charge in [0.2, 0.25) is 5.91 Å². The third kappa shape index (κ3) is 4.07. The minimum absolute atomic E-state index is 0.219. The molecule has 1 fully saturated rings. The normalized spacial score (nSPS) is 17.0. The first kappa shape index (κ1) is 16.5. The Morgan fingerprint density at radius 1 is 1.18 bits per heavy atom. The van der Waals surface area contributed by atoms with Crippen molar-refractivity contribution in [2.45, 2.75) is 44.6 Å². The Kier molecular flexibility index (Phi) is 5.55. The molecule has 0 aliphatic carbocycles. The van der Waals surface area contributed by atoms with Crippen LogP contribution in [-0.2, 0) is 27.2 Å². The molecule has 120 valence electrons. The first-order valence-electron chi connectivity index (χ1n) is 7.76. The summed E-state index contributed by atoms with van der Waals surface area (Å²) in [6.45, 7) is 2.83. The zero-order valence-corrected chi connectivity index (χ0v) is 12.9. The second-order valence-electron chi connectivity index (χ2n) is 5.72. The fourth-order valence-electron chi connectivity index (χ4n) is 2.64. The van der Waals surface area contributed by atoms with Gasteiger partial charge in [-0.1, -0.05) is 31.2 Å². The molecule has 1 aromatic rings. The van der Waals surface area contributed by atoms with Gasteiger partial charge in [-0.25, -0.2) is 4.79 Å². The molecular formula is C17H23NO4. The number of aryl methyl sites for hydroxylation is 2. The second-order valence-corrected chi connectivity index (χ2v) is 5.72. The molecule has 1 saturated heterocycles. The summed E-state index contributed by atoms with van der Waals surface area (Å²) in [4.78, 5) is 23.6. The molecule has 22 heavy (non-hydrogen) atoms. The van der Waals surface area contributed by atoms with Gasteiger partial charge in [-0.05, 0) is 24.0 Å². The summed E-state index contributed by atoms with van der Waals surface area (Å²) < 4.78 is 5.19. The van der Waals surface area contributed by atoms with Crippen molar-refractivity contribution in [2.75, 3.05) is 13.2 Å². The average molecular weight is 305 g/mol. The van der Waals surface area contributed by atoms with Gasteiger partial charge < -0.3 is 15.2 Å². The maximum Gasteiger partial charge on any atom is 0.329 e. The minimum Gasteiger partial charge on any atom is -0.480 e. The van der Waals surface area contributed by atoms with Gasteiger partial charge in [0.05, 0.1) is 0 Å². The molecule has 0 radical (unpaired) electrons. The van der Waals surface area contributed by atoms with Crippen molar-refractivity contribution in [1.29, 1.82) is 0 Å². The number of ether oxygens (including phenoxy) is 1. The van der Waals surface area contributed by atoms with Gasteiger partial charge in [-0.3, -0.25) is 4.79 Å². The zero-order chi connectivity index (χ0) is 16.0. The van der Waals surface area contributed by atoms with Gasteiger partial charge in [0.15, 0.2) is 0 Å². The summed E-state index contributed by atoms with van der Waals surface area (Å²) in [5.74, 6) is -1.19. The van der Waals surface area contributed by atoms with Crippen molar-refractivity contribution in [2.24, 2.45) is 0 Å². The molecule has 0 saturated carbocycles. The minimum atomic E-state index is -1.17. The number of benzene rings is 1. The Balaban J connectivity index is 1.89. The number of aliphatic carboxylic acids is 1. The molecule has 1 amide bonds. The van der Waals surface area contributed by atoms with E-state index in [4.69, 9.17) is 4.74 Å². The first-order valence-corrected chi connectivity index (χ1v) is 7.76. The molecule has 5 heteroatoms. The smallest absolute Gasteiger partial charge is 0.329 e. The Morgan fingerprint density at radius 2 is 1.77 bits per heavy atom. The lowest BCUT2D eigenvalue weighted by molar-refractivity contribution is -0.152. The summed E-state index contributed by atoms with van der Waals surface area (Å²) in [5.41, 5.74) is 1.19. The molecule has 2 N–H and O–H groups in total. The standard InChI is InChI=1S/C17H23NO4/c1-2-13-3-5-14(6-4-13)7-8-15(19)18-17(16(20)21)9-11-22-12-10-17/h3-6H,2,7-12H2,1H3,(H,18,19)(H,20,21). The van der Waals surface area contributed by atoms with Crippen molar-refractivity contribution in [3.8, 4) is 0 Å². The topological polar surface area (TPSA) is 75.6 Å². The number of nitrogens with one attached hydrogen (secondary N) is 1. The molecule has 1 heterocycles. The van der Waals surface area contributed by atoms with E-state index in [1.54, 1.807) is 0 Å². The summed E-state index contributed by atoms with van der Waals surface area (Å²) in [6.07, 6.45) is 2.53. The van der Waals surface area contributed by atoms with Crippen molar-refractivity contribution in [1.82, 2.24) is 5.32 Å². The van der Waals surface area contributed by atoms with Crippen LogP contribution in [0.15, 0.2) is 24.3 Å². The van der Waals surface area contributed by atoms with Crippen molar-refractivity contribution < 1.29 is 19.4 Å². The van der Waals surface area contributed by atoms with E-state index in [9.17, 15) is 14.7 Å². The summed E-state index contributed by atoms with van der Waals surface area (Å²) in [5, 5.41) is 12.1. The molecule has 0 atom stereocenters. The number of rotatable bonds is 6. The summed E-state index contributed by atoms with van der Waals surface area (Å²) in [6, 6.07) is 8.16. The number of carboxylic acid groups (broad SMARTS) is 1. The number of amides is 1. The van der Waals surface area contributed by atoms with E-state index >= 15 is 0 Å². The summed E-state index contributed by atoms with van der Waals surface area (Å²) >= 11 is 0. The highest BCUT2D eigenvalue weighted by molar-refractivity contribution is 5.87. The highest BCUT2D eigenvalue weighted by atomic mass is 16.5. The molecule has 0 aromatic heterocycles. The maximum atomic E-state index is 12.1. The van der Waals surface area contributed by atoms with Gasteiger partial charge in [-0.2, -0.15) is 0 Å². The van der Waals surface area contributed by atoms with Gasteiger partial charge in [0, 0.05) is 32.5 Å². The van der Waals surface area contributed by atoms with E-state index in [1.807, 2.05) is 12.1 Å². The van der Waals surface area contributed by atoms with Crippen LogP contribution in [0.5, 0.6) is 0 Å². The van der Waals surface area contributed by atoms with Crippen molar-refractivity contribution in [3.05, 3.63) is 35.4 Å². The molecule has 0 bridgehead atoms. The number of hydrogen-bond acceptors (Lipinski definition) is 3. The monoisotopic (exact) mass is 305 g/mol. The Hall–Kier alpha value is -1.88. The van der Waals surface area contributed by atoms with Crippen LogP contribution in [0.25, 0.3) is 0 Å². The molecular weight excluding hydrogens is 282 g/mol. The van der Waals surface area contributed by atoms with E-state index in [1.165, 1.54) is 5.56 Å². The van der Waals surface area contributed by atoms with E-state index in [0.717, 1.165) is 12.0 Å².